The lowest BCUT2D eigenvalue weighted by atomic mass is 10.1. The Kier molecular flexibility index (Phi) is 35.7. The van der Waals surface area contributed by atoms with E-state index in [0.717, 1.165) is 20.7 Å². The molecule has 37 heteroatoms. The van der Waals surface area contributed by atoms with Gasteiger partial charge in [0.2, 0.25) is 49.6 Å². The normalized spacial score (nSPS) is 12.7. The molecule has 0 spiro atoms. The van der Waals surface area contributed by atoms with E-state index >= 15 is 0 Å². The molecular formula is C112H102I8N16O10Si3. The van der Waals surface area contributed by atoms with Crippen LogP contribution < -0.4 is 298 Å². The summed E-state index contributed by atoms with van der Waals surface area (Å²) in [4.78, 5) is 37.6. The number of aromatic nitrogens is 10. The van der Waals surface area contributed by atoms with E-state index in [-0.39, 0.29) is 238 Å². The second-order valence-corrected chi connectivity index (χ2v) is 49.5. The van der Waals surface area contributed by atoms with Crippen molar-refractivity contribution in [2.24, 2.45) is 86.3 Å². The van der Waals surface area contributed by atoms with Crippen molar-refractivity contribution in [3.63, 3.8) is 0 Å². The van der Waals surface area contributed by atoms with E-state index < -0.39 is 35.6 Å². The van der Waals surface area contributed by atoms with Crippen LogP contribution in [-0.4, -0.2) is 57.3 Å². The zero-order valence-corrected chi connectivity index (χ0v) is 104. The molecule has 14 heterocycles. The van der Waals surface area contributed by atoms with Crippen LogP contribution in [0.3, 0.4) is 0 Å². The minimum absolute atomic E-state index is 0. The third-order valence-corrected chi connectivity index (χ3v) is 40.8. The Morgan fingerprint density at radius 1 is 0.228 bits per heavy atom. The standard InChI is InChI=1S/C112H102N16O10Si3.8HI/c1-111(2,3)139(83-43-19-15-20-44-83,84-45-21-16-22-46-84)137-141(138-140(112(4,5)6,85-47-23-17-24-48-85)86-49-25-18-26-50-86)127-107-91-63-99(133-79-39-31-55-123(11)71-79)100(134-80-40-32-56-124(12)72-80)64-92(91)109(127)117-105-89-61-97(131-77-37-29-53-121(9)69-77)98(132-78-38-30-54-122(10)70-78)62-90(89)106(114-105)118-110-94-66-102(136-82-42-34-58-126(14)74-82)101(135-81-41-33-57-125(13)73-81)65-93(94)108(128(110)141)116-104-88-60-96(130-76-36-28-52-120(8)68-76)95(59-87(88)103(113-104)115-107)129-75-35-27-51-119(7)67-75;;;;;;;;/h15-74H,1-14H3;8*1H/q+8;;;;;;;;/p-8. The Morgan fingerprint density at radius 2 is 0.423 bits per heavy atom. The van der Waals surface area contributed by atoms with Gasteiger partial charge in [0.05, 0.1) is 0 Å². The molecule has 26 nitrogen and oxygen atoms in total. The van der Waals surface area contributed by atoms with E-state index in [1.165, 1.54) is 0 Å². The maximum absolute atomic E-state index is 10.1. The maximum Gasteiger partial charge on any atom is 0.583 e. The third-order valence-electron chi connectivity index (χ3n) is 25.5. The minimum atomic E-state index is -5.94. The lowest BCUT2D eigenvalue weighted by molar-refractivity contribution is -0.671. The molecule has 4 aliphatic rings. The van der Waals surface area contributed by atoms with Crippen LogP contribution in [0, 0.1) is 0 Å². The van der Waals surface area contributed by atoms with Crippen molar-refractivity contribution >= 4 is 103 Å². The summed E-state index contributed by atoms with van der Waals surface area (Å²) in [5, 5.41) is 3.70. The molecule has 6 bridgehead atoms. The lowest BCUT2D eigenvalue weighted by Crippen LogP contribution is -3.00. The van der Waals surface area contributed by atoms with Gasteiger partial charge in [-0.25, -0.2) is 66.5 Å². The van der Waals surface area contributed by atoms with Crippen molar-refractivity contribution in [1.82, 2.24) is 8.47 Å². The van der Waals surface area contributed by atoms with Crippen molar-refractivity contribution in [2.45, 2.75) is 51.6 Å². The van der Waals surface area contributed by atoms with Crippen molar-refractivity contribution in [3.8, 4) is 92.0 Å². The number of rotatable bonds is 24. The minimum Gasteiger partial charge on any atom is -1.00 e. The molecule has 0 saturated heterocycles. The van der Waals surface area contributed by atoms with Crippen LogP contribution in [0.1, 0.15) is 63.8 Å². The van der Waals surface area contributed by atoms with E-state index in [1.54, 1.807) is 0 Å². The van der Waals surface area contributed by atoms with Crippen molar-refractivity contribution in [1.29, 1.82) is 0 Å². The quantitative estimate of drug-likeness (QED) is 0.0318. The first-order valence-electron chi connectivity index (χ1n) is 46.5. The summed E-state index contributed by atoms with van der Waals surface area (Å²) in [5.41, 5.74) is 2.52. The van der Waals surface area contributed by atoms with Crippen molar-refractivity contribution < 1.29 is 274 Å². The van der Waals surface area contributed by atoms with E-state index in [9.17, 15) is 8.23 Å². The zero-order chi connectivity index (χ0) is 96.8. The van der Waals surface area contributed by atoms with Crippen LogP contribution in [0.25, 0.3) is 21.5 Å². The molecule has 0 saturated carbocycles. The van der Waals surface area contributed by atoms with E-state index in [1.807, 2.05) is 338 Å². The SMILES string of the molecule is C[n+]1cccc(Oc2cc3c(cc2Oc2ccc[n+](C)c2)C2=Nc4c5cc(Oc6ccc[n+](C)c6)c(Oc6ccc[n+](C)c6)cc5c5n4[Si](O[Si](c4ccccc4)(c4ccccc4)C(C)(C)C)(O[Si](c4ccccc4)(c4ccccc4)C(C)(C)C)n4c(c6cc(Oc7ccc[n+](C)c7)c(Oc7ccc[n+](C)c7)cc6c4=NC4=NC(=N5)c5cc(Oc6ccc[n+](C)c6)c(Oc6ccc[n+](C)c6)cc54)=NC3=N2)c1.[I-].[I-].[I-].[I-].[I-].[I-].[I-].[I-]. The molecule has 758 valence electrons. The Balaban J connectivity index is 0.00000219. The second-order valence-electron chi connectivity index (χ2n) is 37.8. The number of fused-ring (bicyclic) bond motifs is 14. The number of hydrogen-bond acceptors (Lipinski definition) is 16. The highest BCUT2D eigenvalue weighted by Gasteiger charge is 2.68. The van der Waals surface area contributed by atoms with E-state index in [2.05, 4.69) is 171 Å². The van der Waals surface area contributed by atoms with Crippen LogP contribution in [-0.2, 0) is 64.6 Å². The Bertz CT molecular complexity index is 7850. The highest BCUT2D eigenvalue weighted by Crippen LogP contribution is 2.54. The second kappa shape index (κ2) is 46.8. The molecule has 10 aromatic heterocycles. The highest BCUT2D eigenvalue weighted by atomic mass is 127. The first kappa shape index (κ1) is 114. The van der Waals surface area contributed by atoms with Crippen molar-refractivity contribution in [3.05, 3.63) is 399 Å². The number of aryl methyl sites for hydroxylation is 8. The average Bonchev–Trinajstić information content (AvgIpc) is 1.58. The Labute approximate surface area is 1000 Å². The van der Waals surface area contributed by atoms with Gasteiger partial charge in [-0.3, -0.25) is 8.47 Å². The average molecular weight is 2930 g/mol. The van der Waals surface area contributed by atoms with Gasteiger partial charge in [-0.05, 0) is 128 Å². The Morgan fingerprint density at radius 3 is 0.624 bits per heavy atom. The third kappa shape index (κ3) is 22.3. The van der Waals surface area contributed by atoms with Gasteiger partial charge in [0.1, 0.15) is 79.0 Å². The van der Waals surface area contributed by atoms with Crippen LogP contribution >= 0.6 is 0 Å². The summed E-state index contributed by atoms with van der Waals surface area (Å²) < 4.78 is 99.1. The summed E-state index contributed by atoms with van der Waals surface area (Å²) in [6.45, 7) is 13.7. The molecule has 0 amide bonds. The first-order valence-corrected chi connectivity index (χ1v) is 52.1. The molecule has 0 aliphatic carbocycles. The molecule has 18 aromatic rings. The monoisotopic (exact) mass is 2930 g/mol. The van der Waals surface area contributed by atoms with E-state index in [4.69, 9.17) is 67.8 Å². The molecule has 149 heavy (non-hydrogen) atoms. The zero-order valence-electron chi connectivity index (χ0n) is 83.4. The van der Waals surface area contributed by atoms with Crippen LogP contribution in [0.4, 0.5) is 11.6 Å². The maximum atomic E-state index is 10.1. The molecule has 22 rings (SSSR count). The largest absolute Gasteiger partial charge is 1.00 e. The number of amidine groups is 4. The summed E-state index contributed by atoms with van der Waals surface area (Å²) >= 11 is 0. The fraction of sp³-hybridized carbons (Fsp3) is 0.143. The molecular weight excluding hydrogens is 2830 g/mol. The van der Waals surface area contributed by atoms with Gasteiger partial charge in [-0.2, -0.15) is 0 Å². The van der Waals surface area contributed by atoms with Gasteiger partial charge >= 0.3 is 8.88 Å². The summed E-state index contributed by atoms with van der Waals surface area (Å²) in [6, 6.07) is 89.3. The fourth-order valence-corrected chi connectivity index (χ4v) is 37.4. The first-order chi connectivity index (χ1) is 68.2. The highest BCUT2D eigenvalue weighted by molar-refractivity contribution is 7.07. The van der Waals surface area contributed by atoms with Crippen LogP contribution in [0.15, 0.2) is 396 Å². The number of benzene rings is 8. The van der Waals surface area contributed by atoms with Gasteiger partial charge < -0.3 is 238 Å². The van der Waals surface area contributed by atoms with Crippen molar-refractivity contribution in [2.75, 3.05) is 0 Å². The number of halogens is 8. The van der Waals surface area contributed by atoms with Gasteiger partial charge in [0.25, 0.3) is 16.6 Å². The van der Waals surface area contributed by atoms with Gasteiger partial charge in [-0.1, -0.05) is 163 Å². The number of aliphatic imine (C=N–C) groups is 4. The molecule has 0 fully saturated rings. The molecule has 0 N–H and O–H groups in total. The number of pyridine rings is 8. The topological polar surface area (TPSA) is 207 Å². The smallest absolute Gasteiger partial charge is 0.583 e. The Hall–Kier alpha value is -10.9. The summed E-state index contributed by atoms with van der Waals surface area (Å²) in [5.74, 6) is 7.83. The predicted octanol–water partition coefficient (Wildman–Crippen LogP) is -8.51. The summed E-state index contributed by atoms with van der Waals surface area (Å²) in [7, 11) is 0.769. The predicted molar refractivity (Wildman–Crippen MR) is 540 cm³/mol. The molecule has 0 unspecified atom stereocenters. The molecule has 0 atom stereocenters. The van der Waals surface area contributed by atoms with Gasteiger partial charge in [0.15, 0.2) is 165 Å². The van der Waals surface area contributed by atoms with Crippen LogP contribution in [0.2, 0.25) is 10.1 Å². The molecule has 4 aliphatic heterocycles. The molecule has 0 radical (unpaired) electrons. The van der Waals surface area contributed by atoms with Gasteiger partial charge in [0, 0.05) is 92.3 Å². The molecule has 8 aromatic carbocycles. The van der Waals surface area contributed by atoms with E-state index in [0.29, 0.717) is 136 Å². The number of hydrogen-bond donors (Lipinski definition) is 0. The van der Waals surface area contributed by atoms with Crippen LogP contribution in [0.5, 0.6) is 92.0 Å². The summed E-state index contributed by atoms with van der Waals surface area (Å²) in [6.07, 6.45) is 31.0. The van der Waals surface area contributed by atoms with Gasteiger partial charge in [-0.15, -0.1) is 0 Å². The lowest BCUT2D eigenvalue weighted by Gasteiger charge is -2.53. The fourth-order valence-electron chi connectivity index (χ4n) is 19.2. The number of nitrogens with zero attached hydrogens (tertiary/aromatic N) is 16. The number of ether oxygens (including phenoxy) is 8.